The van der Waals surface area contributed by atoms with Gasteiger partial charge in [-0.25, -0.2) is 9.37 Å². The SMILES string of the molecule is CSCCC(O)C(=O)N1CCC(c2nc(C(=O)Nc3ccccc3-c3ccc(F)cc3)cs2)CC1. The second kappa shape index (κ2) is 11.8. The minimum Gasteiger partial charge on any atom is -0.383 e. The van der Waals surface area contributed by atoms with Gasteiger partial charge in [0, 0.05) is 35.6 Å². The van der Waals surface area contributed by atoms with Crippen molar-refractivity contribution >= 4 is 40.6 Å². The average Bonchev–Trinajstić information content (AvgIpc) is 3.38. The van der Waals surface area contributed by atoms with Crippen LogP contribution in [0.4, 0.5) is 10.1 Å². The van der Waals surface area contributed by atoms with Crippen molar-refractivity contribution in [1.82, 2.24) is 9.88 Å². The fourth-order valence-corrected chi connectivity index (χ4v) is 5.58. The maximum atomic E-state index is 13.3. The smallest absolute Gasteiger partial charge is 0.275 e. The number of halogens is 1. The summed E-state index contributed by atoms with van der Waals surface area (Å²) in [6.07, 6.45) is 2.99. The lowest BCUT2D eigenvalue weighted by Gasteiger charge is -2.32. The van der Waals surface area contributed by atoms with Crippen LogP contribution in [0.3, 0.4) is 0 Å². The van der Waals surface area contributed by atoms with Crippen molar-refractivity contribution in [2.75, 3.05) is 30.4 Å². The van der Waals surface area contributed by atoms with E-state index in [1.54, 1.807) is 34.2 Å². The number of aliphatic hydroxyl groups excluding tert-OH is 1. The molecule has 1 fully saturated rings. The van der Waals surface area contributed by atoms with Crippen molar-refractivity contribution in [3.63, 3.8) is 0 Å². The number of thioether (sulfide) groups is 1. The highest BCUT2D eigenvalue weighted by Gasteiger charge is 2.29. The number of carbonyl (C=O) groups excluding carboxylic acids is 2. The number of piperidine rings is 1. The molecule has 0 aliphatic carbocycles. The standard InChI is InChI=1S/C26H28FN3O3S2/c1-34-15-12-23(31)26(33)30-13-10-18(11-14-30)25-29-22(16-35-25)24(32)28-21-5-3-2-4-20(21)17-6-8-19(27)9-7-17/h2-9,16,18,23,31H,10-15H2,1H3,(H,28,32). The quantitative estimate of drug-likeness (QED) is 0.442. The van der Waals surface area contributed by atoms with E-state index in [0.717, 1.165) is 34.7 Å². The monoisotopic (exact) mass is 513 g/mol. The number of aliphatic hydroxyl groups is 1. The van der Waals surface area contributed by atoms with Crippen molar-refractivity contribution in [2.24, 2.45) is 0 Å². The van der Waals surface area contributed by atoms with E-state index in [4.69, 9.17) is 0 Å². The van der Waals surface area contributed by atoms with Crippen LogP contribution in [-0.4, -0.2) is 58.0 Å². The summed E-state index contributed by atoms with van der Waals surface area (Å²) < 4.78 is 13.3. The molecular weight excluding hydrogens is 485 g/mol. The Morgan fingerprint density at radius 2 is 1.91 bits per heavy atom. The van der Waals surface area contributed by atoms with Gasteiger partial charge in [0.1, 0.15) is 17.6 Å². The van der Waals surface area contributed by atoms with Gasteiger partial charge in [-0.3, -0.25) is 9.59 Å². The van der Waals surface area contributed by atoms with Gasteiger partial charge in [0.2, 0.25) is 0 Å². The molecule has 9 heteroatoms. The van der Waals surface area contributed by atoms with Gasteiger partial charge in [0.05, 0.1) is 5.01 Å². The zero-order chi connectivity index (χ0) is 24.8. The molecule has 4 rings (SSSR count). The normalized spacial score (nSPS) is 15.1. The molecule has 2 aromatic carbocycles. The van der Waals surface area contributed by atoms with Gasteiger partial charge in [-0.15, -0.1) is 11.3 Å². The number of para-hydroxylation sites is 1. The summed E-state index contributed by atoms with van der Waals surface area (Å²) in [6.45, 7) is 1.15. The van der Waals surface area contributed by atoms with Gasteiger partial charge in [-0.1, -0.05) is 30.3 Å². The fourth-order valence-electron chi connectivity index (χ4n) is 4.15. The van der Waals surface area contributed by atoms with E-state index in [1.165, 1.54) is 23.5 Å². The highest BCUT2D eigenvalue weighted by atomic mass is 32.2. The maximum absolute atomic E-state index is 13.3. The zero-order valence-electron chi connectivity index (χ0n) is 19.4. The van der Waals surface area contributed by atoms with Crippen molar-refractivity contribution in [3.05, 3.63) is 70.4 Å². The highest BCUT2D eigenvalue weighted by molar-refractivity contribution is 7.98. The van der Waals surface area contributed by atoms with Crippen molar-refractivity contribution < 1.29 is 19.1 Å². The van der Waals surface area contributed by atoms with Crippen LogP contribution in [0.1, 0.15) is 40.7 Å². The molecule has 1 atom stereocenters. The molecule has 0 bridgehead atoms. The Kier molecular flexibility index (Phi) is 8.54. The van der Waals surface area contributed by atoms with Gasteiger partial charge in [0.15, 0.2) is 0 Å². The third-order valence-electron chi connectivity index (χ3n) is 6.12. The van der Waals surface area contributed by atoms with Gasteiger partial charge in [-0.2, -0.15) is 11.8 Å². The predicted octanol–water partition coefficient (Wildman–Crippen LogP) is 5.02. The topological polar surface area (TPSA) is 82.5 Å². The third kappa shape index (κ3) is 6.28. The number of nitrogens with one attached hydrogen (secondary N) is 1. The number of rotatable bonds is 8. The van der Waals surface area contributed by atoms with Crippen LogP contribution in [0.5, 0.6) is 0 Å². The summed E-state index contributed by atoms with van der Waals surface area (Å²) in [5, 5.41) is 15.7. The molecule has 1 aliphatic heterocycles. The molecule has 35 heavy (non-hydrogen) atoms. The van der Waals surface area contributed by atoms with Crippen LogP contribution in [0.25, 0.3) is 11.1 Å². The second-order valence-corrected chi connectivity index (χ2v) is 10.3. The molecule has 0 radical (unpaired) electrons. The number of hydrogen-bond donors (Lipinski definition) is 2. The molecule has 6 nitrogen and oxygen atoms in total. The molecule has 3 aromatic rings. The van der Waals surface area contributed by atoms with E-state index in [1.807, 2.05) is 30.5 Å². The first-order chi connectivity index (χ1) is 17.0. The Morgan fingerprint density at radius 3 is 2.63 bits per heavy atom. The molecular formula is C26H28FN3O3S2. The number of carbonyl (C=O) groups is 2. The maximum Gasteiger partial charge on any atom is 0.275 e. The number of thiazole rings is 1. The minimum atomic E-state index is -0.938. The van der Waals surface area contributed by atoms with Crippen LogP contribution in [0.2, 0.25) is 0 Å². The van der Waals surface area contributed by atoms with Gasteiger partial charge in [0.25, 0.3) is 11.8 Å². The first kappa shape index (κ1) is 25.3. The van der Waals surface area contributed by atoms with Crippen LogP contribution >= 0.6 is 23.1 Å². The van der Waals surface area contributed by atoms with E-state index in [-0.39, 0.29) is 23.5 Å². The zero-order valence-corrected chi connectivity index (χ0v) is 21.1. The van der Waals surface area contributed by atoms with Crippen molar-refractivity contribution in [1.29, 1.82) is 0 Å². The summed E-state index contributed by atoms with van der Waals surface area (Å²) in [6, 6.07) is 13.5. The molecule has 0 saturated carbocycles. The molecule has 2 amide bonds. The predicted molar refractivity (Wildman–Crippen MR) is 139 cm³/mol. The van der Waals surface area contributed by atoms with Crippen molar-refractivity contribution in [2.45, 2.75) is 31.3 Å². The summed E-state index contributed by atoms with van der Waals surface area (Å²) >= 11 is 3.07. The number of aromatic nitrogens is 1. The molecule has 1 saturated heterocycles. The molecule has 1 unspecified atom stereocenters. The third-order valence-corrected chi connectivity index (χ3v) is 7.77. The van der Waals surface area contributed by atoms with Gasteiger partial charge in [-0.05, 0) is 55.0 Å². The summed E-state index contributed by atoms with van der Waals surface area (Å²) in [5.41, 5.74) is 2.59. The number of nitrogens with zero attached hydrogens (tertiary/aromatic N) is 2. The summed E-state index contributed by atoms with van der Waals surface area (Å²) in [4.78, 5) is 31.7. The van der Waals surface area contributed by atoms with E-state index < -0.39 is 6.10 Å². The number of likely N-dealkylation sites (tertiary alicyclic amines) is 1. The number of hydrogen-bond acceptors (Lipinski definition) is 6. The van der Waals surface area contributed by atoms with E-state index in [9.17, 15) is 19.1 Å². The van der Waals surface area contributed by atoms with Crippen LogP contribution in [0, 0.1) is 5.82 Å². The van der Waals surface area contributed by atoms with E-state index >= 15 is 0 Å². The molecule has 1 aromatic heterocycles. The van der Waals surface area contributed by atoms with Crippen LogP contribution in [0.15, 0.2) is 53.9 Å². The summed E-state index contributed by atoms with van der Waals surface area (Å²) in [5.74, 6) is 0.123. The Hall–Kier alpha value is -2.75. The highest BCUT2D eigenvalue weighted by Crippen LogP contribution is 2.32. The average molecular weight is 514 g/mol. The largest absolute Gasteiger partial charge is 0.383 e. The second-order valence-electron chi connectivity index (χ2n) is 8.47. The van der Waals surface area contributed by atoms with Crippen LogP contribution in [-0.2, 0) is 4.79 Å². The molecule has 184 valence electrons. The van der Waals surface area contributed by atoms with E-state index in [2.05, 4.69) is 10.3 Å². The fraction of sp³-hybridized carbons (Fsp3) is 0.346. The molecule has 2 heterocycles. The number of amides is 2. The lowest BCUT2D eigenvalue weighted by molar-refractivity contribution is -0.141. The minimum absolute atomic E-state index is 0.181. The Balaban J connectivity index is 1.37. The van der Waals surface area contributed by atoms with Crippen LogP contribution < -0.4 is 5.32 Å². The Bertz CT molecular complexity index is 1160. The summed E-state index contributed by atoms with van der Waals surface area (Å²) in [7, 11) is 0. The van der Waals surface area contributed by atoms with Crippen molar-refractivity contribution in [3.8, 4) is 11.1 Å². The number of benzene rings is 2. The van der Waals surface area contributed by atoms with Gasteiger partial charge < -0.3 is 15.3 Å². The molecule has 1 aliphatic rings. The lowest BCUT2D eigenvalue weighted by atomic mass is 9.97. The molecule has 2 N–H and O–H groups in total. The Labute approximate surface area is 212 Å². The van der Waals surface area contributed by atoms with Gasteiger partial charge >= 0.3 is 0 Å². The first-order valence-electron chi connectivity index (χ1n) is 11.5. The van der Waals surface area contributed by atoms with E-state index in [0.29, 0.717) is 30.9 Å². The first-order valence-corrected chi connectivity index (χ1v) is 13.8. The Morgan fingerprint density at radius 1 is 1.20 bits per heavy atom. The number of anilines is 1. The lowest BCUT2D eigenvalue weighted by Crippen LogP contribution is -2.43. The molecule has 0 spiro atoms.